The minimum absolute atomic E-state index is 0.0466. The maximum absolute atomic E-state index is 11.7. The molecule has 3 atom stereocenters. The smallest absolute Gasteiger partial charge is 0.315 e. The minimum Gasteiger partial charge on any atom is -0.356 e. The lowest BCUT2D eigenvalue weighted by atomic mass is 10.0. The van der Waals surface area contributed by atoms with Gasteiger partial charge in [-0.1, -0.05) is 6.42 Å². The van der Waals surface area contributed by atoms with Crippen molar-refractivity contribution in [1.29, 1.82) is 0 Å². The second kappa shape index (κ2) is 8.41. The molecule has 0 aromatic heterocycles. The van der Waals surface area contributed by atoms with Gasteiger partial charge in [-0.05, 0) is 19.3 Å². The number of nitrogens with one attached hydrogen (secondary N) is 3. The number of hydrogen-bond acceptors (Lipinski definition) is 4. The fourth-order valence-electron chi connectivity index (χ4n) is 2.99. The summed E-state index contributed by atoms with van der Waals surface area (Å²) in [4.78, 5) is 33.7. The summed E-state index contributed by atoms with van der Waals surface area (Å²) in [6.45, 7) is 2.06. The number of Topliss-reactive ketones (excluding diaryl/α,β-unsaturated/α-hetero) is 1. The second-order valence-electron chi connectivity index (χ2n) is 5.99. The Morgan fingerprint density at radius 1 is 1.23 bits per heavy atom. The molecule has 2 aliphatic heterocycles. The van der Waals surface area contributed by atoms with E-state index in [0.29, 0.717) is 24.6 Å². The molecule has 0 aromatic carbocycles. The number of amides is 3. The molecule has 2 heterocycles. The lowest BCUT2D eigenvalue weighted by Crippen LogP contribution is -2.36. The van der Waals surface area contributed by atoms with Crippen LogP contribution in [0, 0.1) is 0 Å². The molecule has 2 saturated heterocycles. The molecule has 0 radical (unpaired) electrons. The van der Waals surface area contributed by atoms with Crippen LogP contribution in [0.1, 0.15) is 45.4 Å². The van der Waals surface area contributed by atoms with Crippen LogP contribution in [0.25, 0.3) is 0 Å². The molecule has 0 saturated carbocycles. The van der Waals surface area contributed by atoms with Gasteiger partial charge in [0.15, 0.2) is 0 Å². The van der Waals surface area contributed by atoms with Gasteiger partial charge in [-0.25, -0.2) is 4.79 Å². The average Bonchev–Trinajstić information content (AvgIpc) is 2.99. The van der Waals surface area contributed by atoms with Gasteiger partial charge in [0, 0.05) is 37.3 Å². The second-order valence-corrected chi connectivity index (χ2v) is 7.26. The summed E-state index contributed by atoms with van der Waals surface area (Å²) in [5, 5.41) is 9.09. The number of fused-ring (bicyclic) bond motifs is 1. The summed E-state index contributed by atoms with van der Waals surface area (Å²) >= 11 is 1.91. The van der Waals surface area contributed by atoms with E-state index in [1.54, 1.807) is 0 Å². The first kappa shape index (κ1) is 17.1. The first-order chi connectivity index (χ1) is 10.6. The Morgan fingerprint density at radius 3 is 2.77 bits per heavy atom. The predicted octanol–water partition coefficient (Wildman–Crippen LogP) is 1.20. The van der Waals surface area contributed by atoms with E-state index < -0.39 is 0 Å². The highest BCUT2D eigenvalue weighted by atomic mass is 32.2. The molecule has 2 rings (SSSR count). The third kappa shape index (κ3) is 5.19. The quantitative estimate of drug-likeness (QED) is 0.439. The standard InChI is InChI=1S/C15H25N3O3S/c1-10(19)16-8-4-6-11(20)5-2-3-7-13-14-12(9-22-13)17-15(21)18-14/h12-14H,2-9H2,1H3,(H,16,19)(H2,17,18,21). The van der Waals surface area contributed by atoms with Crippen LogP contribution in [0.4, 0.5) is 4.79 Å². The Balaban J connectivity index is 1.51. The van der Waals surface area contributed by atoms with Gasteiger partial charge in [-0.2, -0.15) is 11.8 Å². The molecule has 0 aliphatic carbocycles. The maximum Gasteiger partial charge on any atom is 0.315 e. The lowest BCUT2D eigenvalue weighted by Gasteiger charge is -2.16. The zero-order valence-corrected chi connectivity index (χ0v) is 13.8. The van der Waals surface area contributed by atoms with Crippen molar-refractivity contribution in [2.24, 2.45) is 0 Å². The van der Waals surface area contributed by atoms with Gasteiger partial charge < -0.3 is 16.0 Å². The molecular formula is C15H25N3O3S. The van der Waals surface area contributed by atoms with Crippen molar-refractivity contribution in [3.63, 3.8) is 0 Å². The molecule has 2 fully saturated rings. The van der Waals surface area contributed by atoms with Crippen molar-refractivity contribution in [1.82, 2.24) is 16.0 Å². The number of ketones is 1. The number of rotatable bonds is 9. The van der Waals surface area contributed by atoms with E-state index in [4.69, 9.17) is 0 Å². The molecule has 22 heavy (non-hydrogen) atoms. The van der Waals surface area contributed by atoms with E-state index >= 15 is 0 Å². The number of urea groups is 1. The number of hydrogen-bond donors (Lipinski definition) is 3. The van der Waals surface area contributed by atoms with Gasteiger partial charge in [0.2, 0.25) is 5.91 Å². The Kier molecular flexibility index (Phi) is 6.54. The normalized spacial score (nSPS) is 26.2. The van der Waals surface area contributed by atoms with Gasteiger partial charge in [0.25, 0.3) is 0 Å². The van der Waals surface area contributed by atoms with E-state index in [1.165, 1.54) is 6.92 Å². The topological polar surface area (TPSA) is 87.3 Å². The van der Waals surface area contributed by atoms with Gasteiger partial charge in [-0.15, -0.1) is 0 Å². The monoisotopic (exact) mass is 327 g/mol. The largest absolute Gasteiger partial charge is 0.356 e. The molecular weight excluding hydrogens is 302 g/mol. The van der Waals surface area contributed by atoms with Crippen LogP contribution >= 0.6 is 11.8 Å². The van der Waals surface area contributed by atoms with Crippen LogP contribution in [0.2, 0.25) is 0 Å². The molecule has 3 N–H and O–H groups in total. The zero-order chi connectivity index (χ0) is 15.9. The van der Waals surface area contributed by atoms with Crippen molar-refractivity contribution < 1.29 is 14.4 Å². The minimum atomic E-state index is -0.0479. The first-order valence-corrected chi connectivity index (χ1v) is 9.06. The van der Waals surface area contributed by atoms with Gasteiger partial charge >= 0.3 is 6.03 Å². The Bertz CT molecular complexity index is 430. The van der Waals surface area contributed by atoms with Gasteiger partial charge in [0.1, 0.15) is 5.78 Å². The number of unbranched alkanes of at least 4 members (excludes halogenated alkanes) is 1. The van der Waals surface area contributed by atoms with E-state index in [2.05, 4.69) is 16.0 Å². The fourth-order valence-corrected chi connectivity index (χ4v) is 4.53. The van der Waals surface area contributed by atoms with Crippen LogP contribution < -0.4 is 16.0 Å². The average molecular weight is 327 g/mol. The number of carbonyl (C=O) groups excluding carboxylic acids is 3. The van der Waals surface area contributed by atoms with Gasteiger partial charge in [0.05, 0.1) is 12.1 Å². The Hall–Kier alpha value is -1.24. The highest BCUT2D eigenvalue weighted by Gasteiger charge is 2.42. The van der Waals surface area contributed by atoms with Crippen LogP contribution in [0.3, 0.4) is 0 Å². The number of carbonyl (C=O) groups is 3. The third-order valence-corrected chi connectivity index (χ3v) is 5.65. The predicted molar refractivity (Wildman–Crippen MR) is 86.9 cm³/mol. The van der Waals surface area contributed by atoms with Crippen LogP contribution in [-0.2, 0) is 9.59 Å². The zero-order valence-electron chi connectivity index (χ0n) is 13.0. The third-order valence-electron chi connectivity index (χ3n) is 4.14. The van der Waals surface area contributed by atoms with E-state index in [1.807, 2.05) is 11.8 Å². The molecule has 2 aliphatic rings. The molecule has 0 bridgehead atoms. The fraction of sp³-hybridized carbons (Fsp3) is 0.800. The summed E-state index contributed by atoms with van der Waals surface area (Å²) in [6.07, 6.45) is 4.87. The molecule has 0 aromatic rings. The summed E-state index contributed by atoms with van der Waals surface area (Å²) in [5.41, 5.74) is 0. The van der Waals surface area contributed by atoms with E-state index in [9.17, 15) is 14.4 Å². The molecule has 3 amide bonds. The SMILES string of the molecule is CC(=O)NCCCC(=O)CCCCC1SCC2NC(=O)NC21. The molecule has 3 unspecified atom stereocenters. The van der Waals surface area contributed by atoms with Crippen molar-refractivity contribution in [2.75, 3.05) is 12.3 Å². The lowest BCUT2D eigenvalue weighted by molar-refractivity contribution is -0.120. The van der Waals surface area contributed by atoms with Gasteiger partial charge in [-0.3, -0.25) is 9.59 Å². The Labute approximate surface area is 135 Å². The maximum atomic E-state index is 11.7. The van der Waals surface area contributed by atoms with Crippen LogP contribution in [0.15, 0.2) is 0 Å². The summed E-state index contributed by atoms with van der Waals surface area (Å²) in [6, 6.07) is 0.485. The van der Waals surface area contributed by atoms with E-state index in [0.717, 1.165) is 31.4 Å². The van der Waals surface area contributed by atoms with Crippen LogP contribution in [0.5, 0.6) is 0 Å². The highest BCUT2D eigenvalue weighted by Crippen LogP contribution is 2.33. The molecule has 0 spiro atoms. The van der Waals surface area contributed by atoms with Crippen molar-refractivity contribution >= 4 is 29.5 Å². The molecule has 6 nitrogen and oxygen atoms in total. The summed E-state index contributed by atoms with van der Waals surface area (Å²) in [5.74, 6) is 1.21. The molecule has 124 valence electrons. The first-order valence-electron chi connectivity index (χ1n) is 8.01. The summed E-state index contributed by atoms with van der Waals surface area (Å²) in [7, 11) is 0. The summed E-state index contributed by atoms with van der Waals surface area (Å²) < 4.78 is 0. The van der Waals surface area contributed by atoms with Crippen LogP contribution in [-0.4, -0.2) is 47.4 Å². The van der Waals surface area contributed by atoms with E-state index in [-0.39, 0.29) is 29.8 Å². The molecule has 7 heteroatoms. The van der Waals surface area contributed by atoms with Crippen molar-refractivity contribution in [3.8, 4) is 0 Å². The Morgan fingerprint density at radius 2 is 2.00 bits per heavy atom. The number of thioether (sulfide) groups is 1. The van der Waals surface area contributed by atoms with Crippen molar-refractivity contribution in [2.45, 2.75) is 62.8 Å². The van der Waals surface area contributed by atoms with Crippen molar-refractivity contribution in [3.05, 3.63) is 0 Å². The highest BCUT2D eigenvalue weighted by molar-refractivity contribution is 8.00.